The number of hydrogen-bond donors (Lipinski definition) is 1. The van der Waals surface area contributed by atoms with Crippen molar-refractivity contribution in [3.05, 3.63) is 41.7 Å². The van der Waals surface area contributed by atoms with Crippen LogP contribution < -0.4 is 10.6 Å². The molecule has 4 rings (SSSR count). The van der Waals surface area contributed by atoms with E-state index in [1.807, 2.05) is 43.4 Å². The Morgan fingerprint density at radius 2 is 1.78 bits per heavy atom. The van der Waals surface area contributed by atoms with Gasteiger partial charge in [-0.2, -0.15) is 0 Å². The normalized spacial score (nSPS) is 17.9. The molecule has 0 atom stereocenters. The number of anilines is 1. The predicted molar refractivity (Wildman–Crippen MR) is 125 cm³/mol. The van der Waals surface area contributed by atoms with Gasteiger partial charge in [0.15, 0.2) is 0 Å². The number of likely N-dealkylation sites (tertiary alicyclic amines) is 1. The van der Waals surface area contributed by atoms with E-state index in [0.29, 0.717) is 17.4 Å². The van der Waals surface area contributed by atoms with Gasteiger partial charge in [0.1, 0.15) is 0 Å². The molecule has 1 aromatic carbocycles. The summed E-state index contributed by atoms with van der Waals surface area (Å²) in [6, 6.07) is 7.33. The molecule has 0 radical (unpaired) electrons. The van der Waals surface area contributed by atoms with Crippen LogP contribution in [0.4, 0.5) is 5.95 Å². The van der Waals surface area contributed by atoms with E-state index < -0.39 is 5.91 Å². The summed E-state index contributed by atoms with van der Waals surface area (Å²) in [6.07, 6.45) is 9.29. The van der Waals surface area contributed by atoms with Crippen LogP contribution >= 0.6 is 0 Å². The molecule has 1 saturated carbocycles. The number of amides is 2. The number of carbonyl (C=O) groups is 2. The molecular formula is C25H33N5O2. The van der Waals surface area contributed by atoms with Gasteiger partial charge in [-0.25, -0.2) is 9.97 Å². The maximum atomic E-state index is 13.0. The number of primary amides is 1. The van der Waals surface area contributed by atoms with E-state index in [4.69, 9.17) is 10.7 Å². The number of hydrogen-bond acceptors (Lipinski definition) is 5. The molecule has 7 heteroatoms. The summed E-state index contributed by atoms with van der Waals surface area (Å²) in [5, 5.41) is 0. The molecule has 1 aliphatic heterocycles. The van der Waals surface area contributed by atoms with Gasteiger partial charge >= 0.3 is 0 Å². The minimum Gasteiger partial charge on any atom is -0.366 e. The lowest BCUT2D eigenvalue weighted by atomic mass is 9.85. The highest BCUT2D eigenvalue weighted by Crippen LogP contribution is 2.36. The summed E-state index contributed by atoms with van der Waals surface area (Å²) < 4.78 is 0. The summed E-state index contributed by atoms with van der Waals surface area (Å²) in [7, 11) is 3.86. The highest BCUT2D eigenvalue weighted by Gasteiger charge is 2.31. The first-order valence-corrected chi connectivity index (χ1v) is 11.7. The lowest BCUT2D eigenvalue weighted by Gasteiger charge is -2.35. The quantitative estimate of drug-likeness (QED) is 0.775. The lowest BCUT2D eigenvalue weighted by molar-refractivity contribution is -0.137. The molecule has 2 N–H and O–H groups in total. The Kier molecular flexibility index (Phi) is 6.72. The van der Waals surface area contributed by atoms with Crippen LogP contribution in [0.25, 0.3) is 11.1 Å². The van der Waals surface area contributed by atoms with Crippen LogP contribution in [0.5, 0.6) is 0 Å². The van der Waals surface area contributed by atoms with Gasteiger partial charge in [0.05, 0.1) is 5.69 Å². The minimum atomic E-state index is -0.450. The fourth-order valence-electron chi connectivity index (χ4n) is 4.96. The van der Waals surface area contributed by atoms with Gasteiger partial charge in [-0.05, 0) is 43.4 Å². The SMILES string of the molecule is CN(C)c1ncc(-c2cccc(C(N)=O)c2)c(C2CCN(C(=O)C3CCCCC3)CC2)n1. The van der Waals surface area contributed by atoms with E-state index in [0.717, 1.165) is 55.6 Å². The van der Waals surface area contributed by atoms with Crippen LogP contribution in [-0.2, 0) is 4.79 Å². The predicted octanol–water partition coefficient (Wildman–Crippen LogP) is 3.59. The molecule has 7 nitrogen and oxygen atoms in total. The number of nitrogens with zero attached hydrogens (tertiary/aromatic N) is 4. The fourth-order valence-corrected chi connectivity index (χ4v) is 4.96. The van der Waals surface area contributed by atoms with Crippen molar-refractivity contribution in [3.63, 3.8) is 0 Å². The molecule has 1 aliphatic carbocycles. The Labute approximate surface area is 190 Å². The number of benzene rings is 1. The van der Waals surface area contributed by atoms with Crippen LogP contribution in [0.1, 0.15) is 66.9 Å². The average Bonchev–Trinajstić information content (AvgIpc) is 2.84. The maximum Gasteiger partial charge on any atom is 0.248 e. The second-order valence-electron chi connectivity index (χ2n) is 9.24. The molecule has 0 spiro atoms. The van der Waals surface area contributed by atoms with Gasteiger partial charge in [-0.3, -0.25) is 9.59 Å². The first-order chi connectivity index (χ1) is 15.4. The molecule has 2 heterocycles. The zero-order valence-electron chi connectivity index (χ0n) is 19.1. The summed E-state index contributed by atoms with van der Waals surface area (Å²) in [5.74, 6) is 1.00. The molecule has 1 aromatic heterocycles. The number of piperidine rings is 1. The fraction of sp³-hybridized carbons (Fsp3) is 0.520. The minimum absolute atomic E-state index is 0.215. The standard InChI is InChI=1S/C25H33N5O2/c1-29(2)25-27-16-21(19-9-6-10-20(15-19)23(26)31)22(28-25)17-11-13-30(14-12-17)24(32)18-7-4-3-5-8-18/h6,9-10,15-18H,3-5,7-8,11-14H2,1-2H3,(H2,26,31). The van der Waals surface area contributed by atoms with E-state index >= 15 is 0 Å². The van der Waals surface area contributed by atoms with Crippen LogP contribution in [0.15, 0.2) is 30.5 Å². The second kappa shape index (κ2) is 9.67. The van der Waals surface area contributed by atoms with E-state index in [9.17, 15) is 9.59 Å². The van der Waals surface area contributed by atoms with Crippen molar-refractivity contribution in [1.29, 1.82) is 0 Å². The largest absolute Gasteiger partial charge is 0.366 e. The first kappa shape index (κ1) is 22.2. The van der Waals surface area contributed by atoms with Crippen molar-refractivity contribution in [2.45, 2.75) is 50.9 Å². The Morgan fingerprint density at radius 1 is 1.06 bits per heavy atom. The van der Waals surface area contributed by atoms with Crippen molar-refractivity contribution in [1.82, 2.24) is 14.9 Å². The van der Waals surface area contributed by atoms with Crippen LogP contribution in [0.2, 0.25) is 0 Å². The highest BCUT2D eigenvalue weighted by molar-refractivity contribution is 5.94. The number of nitrogens with two attached hydrogens (primary N) is 1. The van der Waals surface area contributed by atoms with Gasteiger partial charge < -0.3 is 15.5 Å². The summed E-state index contributed by atoms with van der Waals surface area (Å²) in [6.45, 7) is 1.53. The first-order valence-electron chi connectivity index (χ1n) is 11.7. The van der Waals surface area contributed by atoms with E-state index in [1.165, 1.54) is 19.3 Å². The number of aromatic nitrogens is 2. The topological polar surface area (TPSA) is 92.4 Å². The Hall–Kier alpha value is -2.96. The van der Waals surface area contributed by atoms with Gasteiger partial charge in [-0.15, -0.1) is 0 Å². The molecule has 170 valence electrons. The molecule has 2 aliphatic rings. The maximum absolute atomic E-state index is 13.0. The molecule has 2 aromatic rings. The number of rotatable bonds is 5. The molecule has 0 unspecified atom stereocenters. The molecule has 2 amide bonds. The smallest absolute Gasteiger partial charge is 0.248 e. The van der Waals surface area contributed by atoms with Gasteiger partial charge in [0.25, 0.3) is 0 Å². The third-order valence-corrected chi connectivity index (χ3v) is 6.81. The Morgan fingerprint density at radius 3 is 2.44 bits per heavy atom. The van der Waals surface area contributed by atoms with Crippen molar-refractivity contribution >= 4 is 17.8 Å². The average molecular weight is 436 g/mol. The lowest BCUT2D eigenvalue weighted by Crippen LogP contribution is -2.42. The third kappa shape index (κ3) is 4.76. The zero-order chi connectivity index (χ0) is 22.7. The summed E-state index contributed by atoms with van der Waals surface area (Å²) >= 11 is 0. The monoisotopic (exact) mass is 435 g/mol. The molecule has 1 saturated heterocycles. The summed E-state index contributed by atoms with van der Waals surface area (Å²) in [5.41, 5.74) is 8.77. The highest BCUT2D eigenvalue weighted by atomic mass is 16.2. The van der Waals surface area contributed by atoms with Crippen LogP contribution in [-0.4, -0.2) is 53.9 Å². The third-order valence-electron chi connectivity index (χ3n) is 6.81. The van der Waals surface area contributed by atoms with Gasteiger partial charge in [0.2, 0.25) is 17.8 Å². The molecule has 0 bridgehead atoms. The van der Waals surface area contributed by atoms with Crippen molar-refractivity contribution in [2.75, 3.05) is 32.1 Å². The van der Waals surface area contributed by atoms with Gasteiger partial charge in [-0.1, -0.05) is 31.4 Å². The number of carbonyl (C=O) groups excluding carboxylic acids is 2. The van der Waals surface area contributed by atoms with E-state index in [1.54, 1.807) is 6.07 Å². The molecule has 2 fully saturated rings. The molecular weight excluding hydrogens is 402 g/mol. The van der Waals surface area contributed by atoms with Gasteiger partial charge in [0, 0.05) is 56.3 Å². The van der Waals surface area contributed by atoms with Crippen molar-refractivity contribution < 1.29 is 9.59 Å². The van der Waals surface area contributed by atoms with Crippen molar-refractivity contribution in [3.8, 4) is 11.1 Å². The zero-order valence-corrected chi connectivity index (χ0v) is 19.1. The Bertz CT molecular complexity index is 976. The Balaban J connectivity index is 1.57. The summed E-state index contributed by atoms with van der Waals surface area (Å²) in [4.78, 5) is 38.1. The van der Waals surface area contributed by atoms with E-state index in [-0.39, 0.29) is 11.8 Å². The van der Waals surface area contributed by atoms with Crippen LogP contribution in [0.3, 0.4) is 0 Å². The molecule has 32 heavy (non-hydrogen) atoms. The van der Waals surface area contributed by atoms with Crippen LogP contribution in [0, 0.1) is 5.92 Å². The second-order valence-corrected chi connectivity index (χ2v) is 9.24. The van der Waals surface area contributed by atoms with Crippen molar-refractivity contribution in [2.24, 2.45) is 11.7 Å². The van der Waals surface area contributed by atoms with E-state index in [2.05, 4.69) is 9.88 Å².